The van der Waals surface area contributed by atoms with E-state index in [0.29, 0.717) is 19.4 Å². The van der Waals surface area contributed by atoms with Gasteiger partial charge < -0.3 is 36.2 Å². The van der Waals surface area contributed by atoms with Crippen molar-refractivity contribution < 1.29 is 38.3 Å². The van der Waals surface area contributed by atoms with E-state index in [1.54, 1.807) is 13.8 Å². The number of amides is 6. The second kappa shape index (κ2) is 12.9. The van der Waals surface area contributed by atoms with Crippen LogP contribution in [0.1, 0.15) is 82.1 Å². The molecule has 0 radical (unpaired) electrons. The van der Waals surface area contributed by atoms with Crippen LogP contribution < -0.4 is 26.6 Å². The van der Waals surface area contributed by atoms with E-state index in [1.807, 2.05) is 0 Å². The number of rotatable bonds is 11. The van der Waals surface area contributed by atoms with Crippen LogP contribution in [0.25, 0.3) is 0 Å². The van der Waals surface area contributed by atoms with Crippen LogP contribution in [0.5, 0.6) is 0 Å². The molecule has 1 fully saturated rings. The number of likely N-dealkylation sites (tertiary alicyclic amines) is 1. The first-order valence-electron chi connectivity index (χ1n) is 13.4. The van der Waals surface area contributed by atoms with Gasteiger partial charge in [-0.15, -0.1) is 0 Å². The van der Waals surface area contributed by atoms with Crippen LogP contribution in [0.2, 0.25) is 0 Å². The zero-order valence-corrected chi connectivity index (χ0v) is 26.0. The van der Waals surface area contributed by atoms with E-state index in [-0.39, 0.29) is 5.91 Å². The number of carbonyl (C=O) groups is 7. The summed E-state index contributed by atoms with van der Waals surface area (Å²) in [5.74, 6) is -4.00. The van der Waals surface area contributed by atoms with Gasteiger partial charge in [-0.2, -0.15) is 0 Å². The molecule has 0 aromatic rings. The van der Waals surface area contributed by atoms with E-state index in [0.717, 1.165) is 0 Å². The molecule has 0 aliphatic carbocycles. The maximum Gasteiger partial charge on any atom is 0.330 e. The Labute approximate surface area is 241 Å². The lowest BCUT2D eigenvalue weighted by Crippen LogP contribution is -2.65. The minimum absolute atomic E-state index is 0.323. The fourth-order valence-corrected chi connectivity index (χ4v) is 4.24. The molecule has 0 aromatic heterocycles. The van der Waals surface area contributed by atoms with Crippen molar-refractivity contribution in [2.45, 2.75) is 116 Å². The first kappa shape index (κ1) is 35.3. The Bertz CT molecular complexity index is 1080. The van der Waals surface area contributed by atoms with Crippen LogP contribution in [-0.2, 0) is 38.3 Å². The molecule has 1 rings (SSSR count). The summed E-state index contributed by atoms with van der Waals surface area (Å²) in [7, 11) is 1.19. The molecule has 6 amide bonds. The highest BCUT2D eigenvalue weighted by atomic mass is 16.5. The van der Waals surface area contributed by atoms with Gasteiger partial charge in [-0.25, -0.2) is 4.79 Å². The van der Waals surface area contributed by atoms with Crippen LogP contribution in [0.15, 0.2) is 0 Å². The van der Waals surface area contributed by atoms with E-state index < -0.39 is 69.7 Å². The summed E-state index contributed by atoms with van der Waals surface area (Å²) < 4.78 is 4.68. The molecule has 0 unspecified atom stereocenters. The third-order valence-electron chi connectivity index (χ3n) is 6.71. The molecule has 2 atom stereocenters. The van der Waals surface area contributed by atoms with Gasteiger partial charge in [0, 0.05) is 13.5 Å². The van der Waals surface area contributed by atoms with Crippen molar-refractivity contribution >= 4 is 41.4 Å². The van der Waals surface area contributed by atoms with Crippen LogP contribution in [0, 0.1) is 0 Å². The number of esters is 1. The van der Waals surface area contributed by atoms with Crippen molar-refractivity contribution in [1.82, 2.24) is 31.5 Å². The minimum Gasteiger partial charge on any atom is -0.467 e. The standard InChI is InChI=1S/C27H46N6O8/c1-15(18(35)30-25(5,6)21(38)32-27(9,10)23(40)41-11)28-20(37)24(3,4)31-19(36)17-13-12-14-33(17)22(39)26(7,8)29-16(2)34/h15,17H,12-14H2,1-11H3,(H,28,37)(H,29,34)(H,30,35)(H,31,36)(H,32,38)/t15-,17-/m0/s1. The van der Waals surface area contributed by atoms with E-state index >= 15 is 0 Å². The highest BCUT2D eigenvalue weighted by molar-refractivity contribution is 5.99. The lowest BCUT2D eigenvalue weighted by Gasteiger charge is -2.35. The summed E-state index contributed by atoms with van der Waals surface area (Å²) >= 11 is 0. The van der Waals surface area contributed by atoms with Gasteiger partial charge in [0.15, 0.2) is 0 Å². The van der Waals surface area contributed by atoms with Crippen LogP contribution >= 0.6 is 0 Å². The van der Waals surface area contributed by atoms with Gasteiger partial charge in [0.1, 0.15) is 34.2 Å². The number of carbonyl (C=O) groups excluding carboxylic acids is 7. The van der Waals surface area contributed by atoms with Crippen molar-refractivity contribution in [2.24, 2.45) is 0 Å². The molecule has 0 spiro atoms. The van der Waals surface area contributed by atoms with Gasteiger partial charge >= 0.3 is 5.97 Å². The van der Waals surface area contributed by atoms with E-state index in [4.69, 9.17) is 0 Å². The summed E-state index contributed by atoms with van der Waals surface area (Å²) in [6, 6.07) is -1.93. The summed E-state index contributed by atoms with van der Waals surface area (Å²) in [6.07, 6.45) is 0.956. The number of hydrogen-bond acceptors (Lipinski definition) is 8. The molecule has 5 N–H and O–H groups in total. The van der Waals surface area contributed by atoms with E-state index in [2.05, 4.69) is 31.3 Å². The molecule has 1 aliphatic heterocycles. The second-order valence-electron chi connectivity index (χ2n) is 12.5. The van der Waals surface area contributed by atoms with Crippen molar-refractivity contribution in [3.8, 4) is 0 Å². The molecule has 1 heterocycles. The summed E-state index contributed by atoms with van der Waals surface area (Å²) in [6.45, 7) is 14.9. The number of nitrogens with zero attached hydrogens (tertiary/aromatic N) is 1. The first-order valence-corrected chi connectivity index (χ1v) is 13.4. The molecule has 1 aliphatic rings. The summed E-state index contributed by atoms with van der Waals surface area (Å²) in [5, 5.41) is 12.8. The molecule has 14 nitrogen and oxygen atoms in total. The SMILES string of the molecule is COC(=O)C(C)(C)NC(=O)C(C)(C)NC(=O)[C@H](C)NC(=O)C(C)(C)NC(=O)[C@@H]1CCCN1C(=O)C(C)(C)NC(C)=O. The number of nitrogens with one attached hydrogen (secondary N) is 5. The van der Waals surface area contributed by atoms with Crippen molar-refractivity contribution in [3.05, 3.63) is 0 Å². The normalized spacial score (nSPS) is 16.7. The van der Waals surface area contributed by atoms with Crippen molar-refractivity contribution in [2.75, 3.05) is 13.7 Å². The third-order valence-corrected chi connectivity index (χ3v) is 6.71. The molecule has 41 heavy (non-hydrogen) atoms. The molecule has 232 valence electrons. The zero-order valence-electron chi connectivity index (χ0n) is 26.0. The zero-order chi connectivity index (χ0) is 32.1. The number of ether oxygens (including phenoxy) is 1. The van der Waals surface area contributed by atoms with Gasteiger partial charge in [-0.05, 0) is 75.2 Å². The molecule has 14 heteroatoms. The molecule has 0 saturated carbocycles. The first-order chi connectivity index (χ1) is 18.5. The fraction of sp³-hybridized carbons (Fsp3) is 0.741. The average molecular weight is 583 g/mol. The van der Waals surface area contributed by atoms with Gasteiger partial charge in [0.2, 0.25) is 35.4 Å². The highest BCUT2D eigenvalue weighted by Crippen LogP contribution is 2.22. The Hall–Kier alpha value is -3.71. The van der Waals surface area contributed by atoms with E-state index in [1.165, 1.54) is 67.4 Å². The fourth-order valence-electron chi connectivity index (χ4n) is 4.24. The smallest absolute Gasteiger partial charge is 0.330 e. The predicted octanol–water partition coefficient (Wildman–Crippen LogP) is -0.746. The quantitative estimate of drug-likeness (QED) is 0.197. The van der Waals surface area contributed by atoms with Crippen molar-refractivity contribution in [3.63, 3.8) is 0 Å². The molecular formula is C27H46N6O8. The Balaban J connectivity index is 2.85. The Morgan fingerprint density at radius 1 is 0.756 bits per heavy atom. The Kier molecular flexibility index (Phi) is 11.1. The monoisotopic (exact) mass is 582 g/mol. The topological polar surface area (TPSA) is 192 Å². The molecular weight excluding hydrogens is 536 g/mol. The number of hydrogen-bond donors (Lipinski definition) is 5. The molecule has 0 bridgehead atoms. The van der Waals surface area contributed by atoms with Gasteiger partial charge in [0.25, 0.3) is 0 Å². The second-order valence-corrected chi connectivity index (χ2v) is 12.5. The van der Waals surface area contributed by atoms with Crippen LogP contribution in [-0.4, -0.2) is 94.2 Å². The van der Waals surface area contributed by atoms with E-state index in [9.17, 15) is 33.6 Å². The maximum atomic E-state index is 13.2. The lowest BCUT2D eigenvalue weighted by molar-refractivity contribution is -0.150. The van der Waals surface area contributed by atoms with Crippen LogP contribution in [0.3, 0.4) is 0 Å². The molecule has 1 saturated heterocycles. The summed E-state index contributed by atoms with van der Waals surface area (Å²) in [5.41, 5.74) is -5.47. The average Bonchev–Trinajstić information content (AvgIpc) is 3.31. The van der Waals surface area contributed by atoms with Gasteiger partial charge in [-0.1, -0.05) is 0 Å². The number of methoxy groups -OCH3 is 1. The van der Waals surface area contributed by atoms with Crippen LogP contribution in [0.4, 0.5) is 0 Å². The Morgan fingerprint density at radius 2 is 1.29 bits per heavy atom. The van der Waals surface area contributed by atoms with Gasteiger partial charge in [-0.3, -0.25) is 28.8 Å². The van der Waals surface area contributed by atoms with Crippen molar-refractivity contribution in [1.29, 1.82) is 0 Å². The highest BCUT2D eigenvalue weighted by Gasteiger charge is 2.43. The minimum atomic E-state index is -1.46. The maximum absolute atomic E-state index is 13.2. The summed E-state index contributed by atoms with van der Waals surface area (Å²) in [4.78, 5) is 89.7. The lowest BCUT2D eigenvalue weighted by atomic mass is 9.99. The molecule has 0 aromatic carbocycles. The predicted molar refractivity (Wildman–Crippen MR) is 149 cm³/mol. The largest absolute Gasteiger partial charge is 0.467 e. The van der Waals surface area contributed by atoms with Gasteiger partial charge in [0.05, 0.1) is 7.11 Å². The third kappa shape index (κ3) is 9.15. The Morgan fingerprint density at radius 3 is 1.80 bits per heavy atom.